The van der Waals surface area contributed by atoms with Crippen molar-refractivity contribution in [2.24, 2.45) is 0 Å². The minimum atomic E-state index is -0.342. The lowest BCUT2D eigenvalue weighted by Crippen LogP contribution is -2.28. The molecule has 0 saturated heterocycles. The average molecular weight is 289 g/mol. The molecular weight excluding hydrogens is 278 g/mol. The van der Waals surface area contributed by atoms with Gasteiger partial charge < -0.3 is 5.32 Å². The van der Waals surface area contributed by atoms with Gasteiger partial charge in [-0.1, -0.05) is 6.07 Å². The fourth-order valence-corrected chi connectivity index (χ4v) is 2.46. The highest BCUT2D eigenvalue weighted by atomic mass is 32.1. The minimum absolute atomic E-state index is 0.140. The molecule has 0 radical (unpaired) electrons. The van der Waals surface area contributed by atoms with E-state index < -0.39 is 0 Å². The van der Waals surface area contributed by atoms with Crippen LogP contribution in [0.5, 0.6) is 0 Å². The van der Waals surface area contributed by atoms with E-state index in [1.165, 1.54) is 15.7 Å². The molecule has 7 nitrogen and oxygen atoms in total. The van der Waals surface area contributed by atoms with Crippen LogP contribution in [-0.2, 0) is 11.3 Å². The van der Waals surface area contributed by atoms with Crippen molar-refractivity contribution in [2.45, 2.75) is 13.5 Å². The van der Waals surface area contributed by atoms with E-state index in [9.17, 15) is 9.59 Å². The number of pyridine rings is 1. The highest BCUT2D eigenvalue weighted by Gasteiger charge is 2.11. The number of fused-ring (bicyclic) bond motifs is 1. The van der Waals surface area contributed by atoms with Gasteiger partial charge in [0, 0.05) is 17.3 Å². The van der Waals surface area contributed by atoms with Crippen LogP contribution < -0.4 is 11.0 Å². The fraction of sp³-hybridized carbons (Fsp3) is 0.167. The Morgan fingerprint density at radius 1 is 1.45 bits per heavy atom. The molecule has 0 aliphatic rings. The molecule has 0 aliphatic heterocycles. The predicted octanol–water partition coefficient (Wildman–Crippen LogP) is 0.900. The van der Waals surface area contributed by atoms with Crippen molar-refractivity contribution in [1.29, 1.82) is 0 Å². The first-order chi connectivity index (χ1) is 9.63. The number of carbonyl (C=O) groups is 1. The van der Waals surface area contributed by atoms with Crippen LogP contribution in [0.25, 0.3) is 5.65 Å². The van der Waals surface area contributed by atoms with Gasteiger partial charge in [0.15, 0.2) is 10.8 Å². The standard InChI is InChI=1S/C12H11N5O2S/c1-8-6-13-11(20-8)14-10(18)7-17-12(19)16-5-3-2-4-9(16)15-17/h2-6H,7H2,1H3,(H,13,14,18). The van der Waals surface area contributed by atoms with Crippen molar-refractivity contribution in [2.75, 3.05) is 5.32 Å². The second kappa shape index (κ2) is 4.89. The van der Waals surface area contributed by atoms with Crippen molar-refractivity contribution in [3.63, 3.8) is 0 Å². The van der Waals surface area contributed by atoms with Gasteiger partial charge in [0.05, 0.1) is 0 Å². The van der Waals surface area contributed by atoms with E-state index in [0.29, 0.717) is 10.8 Å². The number of amides is 1. The number of aryl methyl sites for hydroxylation is 1. The smallest absolute Gasteiger partial charge is 0.300 e. The highest BCUT2D eigenvalue weighted by molar-refractivity contribution is 7.15. The lowest BCUT2D eigenvalue weighted by atomic mass is 10.5. The predicted molar refractivity (Wildman–Crippen MR) is 74.9 cm³/mol. The summed E-state index contributed by atoms with van der Waals surface area (Å²) in [6, 6.07) is 5.23. The summed E-state index contributed by atoms with van der Waals surface area (Å²) >= 11 is 1.38. The van der Waals surface area contributed by atoms with E-state index in [0.717, 1.165) is 9.56 Å². The number of thiazole rings is 1. The summed E-state index contributed by atoms with van der Waals surface area (Å²) in [6.07, 6.45) is 3.29. The van der Waals surface area contributed by atoms with E-state index in [4.69, 9.17) is 0 Å². The number of anilines is 1. The first-order valence-electron chi connectivity index (χ1n) is 5.90. The van der Waals surface area contributed by atoms with Crippen molar-refractivity contribution >= 4 is 28.0 Å². The molecule has 0 aliphatic carbocycles. The molecule has 0 bridgehead atoms. The zero-order valence-corrected chi connectivity index (χ0v) is 11.4. The van der Waals surface area contributed by atoms with E-state index in [1.807, 2.05) is 6.92 Å². The van der Waals surface area contributed by atoms with Gasteiger partial charge in [-0.15, -0.1) is 16.4 Å². The van der Waals surface area contributed by atoms with E-state index in [1.54, 1.807) is 30.6 Å². The van der Waals surface area contributed by atoms with E-state index in [-0.39, 0.29) is 18.1 Å². The van der Waals surface area contributed by atoms with Gasteiger partial charge in [-0.3, -0.25) is 9.20 Å². The molecule has 8 heteroatoms. The SMILES string of the molecule is Cc1cnc(NC(=O)Cn2nc3ccccn3c2=O)s1. The van der Waals surface area contributed by atoms with Crippen LogP contribution in [0.3, 0.4) is 0 Å². The van der Waals surface area contributed by atoms with E-state index >= 15 is 0 Å². The van der Waals surface area contributed by atoms with E-state index in [2.05, 4.69) is 15.4 Å². The molecule has 3 rings (SSSR count). The van der Waals surface area contributed by atoms with Crippen LogP contribution >= 0.6 is 11.3 Å². The minimum Gasteiger partial charge on any atom is -0.300 e. The topological polar surface area (TPSA) is 81.3 Å². The van der Waals surface area contributed by atoms with Crippen molar-refractivity contribution in [1.82, 2.24) is 19.2 Å². The van der Waals surface area contributed by atoms with Crippen molar-refractivity contribution in [3.05, 3.63) is 46.0 Å². The zero-order valence-electron chi connectivity index (χ0n) is 10.6. The Balaban J connectivity index is 1.81. The second-order valence-electron chi connectivity index (χ2n) is 4.19. The summed E-state index contributed by atoms with van der Waals surface area (Å²) in [5, 5.41) is 7.25. The maximum absolute atomic E-state index is 12.0. The molecule has 0 atom stereocenters. The number of hydrogen-bond acceptors (Lipinski definition) is 5. The Kier molecular flexibility index (Phi) is 3.07. The molecular formula is C12H11N5O2S. The summed E-state index contributed by atoms with van der Waals surface area (Å²) in [7, 11) is 0. The number of hydrogen-bond donors (Lipinski definition) is 1. The highest BCUT2D eigenvalue weighted by Crippen LogP contribution is 2.16. The summed E-state index contributed by atoms with van der Waals surface area (Å²) in [4.78, 5) is 28.9. The Hall–Kier alpha value is -2.48. The number of rotatable bonds is 3. The molecule has 3 heterocycles. The first-order valence-corrected chi connectivity index (χ1v) is 6.71. The summed E-state index contributed by atoms with van der Waals surface area (Å²) in [5.41, 5.74) is 0.168. The molecule has 1 amide bonds. The Morgan fingerprint density at radius 3 is 3.00 bits per heavy atom. The van der Waals surface area contributed by atoms with Gasteiger partial charge in [-0.05, 0) is 19.1 Å². The van der Waals surface area contributed by atoms with Crippen LogP contribution in [0.15, 0.2) is 35.4 Å². The largest absolute Gasteiger partial charge is 0.350 e. The second-order valence-corrected chi connectivity index (χ2v) is 5.43. The average Bonchev–Trinajstić information content (AvgIpc) is 2.95. The molecule has 0 aromatic carbocycles. The summed E-state index contributed by atoms with van der Waals surface area (Å²) < 4.78 is 2.52. The van der Waals surface area contributed by atoms with Crippen molar-refractivity contribution < 1.29 is 4.79 Å². The van der Waals surface area contributed by atoms with Crippen LogP contribution in [0.1, 0.15) is 4.88 Å². The number of aromatic nitrogens is 4. The zero-order chi connectivity index (χ0) is 14.1. The van der Waals surface area contributed by atoms with Crippen LogP contribution in [0.4, 0.5) is 5.13 Å². The van der Waals surface area contributed by atoms with Gasteiger partial charge in [0.2, 0.25) is 5.91 Å². The maximum atomic E-state index is 12.0. The molecule has 0 fully saturated rings. The normalized spacial score (nSPS) is 10.8. The van der Waals surface area contributed by atoms with Crippen LogP contribution in [0.2, 0.25) is 0 Å². The first kappa shape index (κ1) is 12.5. The molecule has 0 spiro atoms. The maximum Gasteiger partial charge on any atom is 0.350 e. The third-order valence-corrected chi connectivity index (χ3v) is 3.48. The van der Waals surface area contributed by atoms with Crippen LogP contribution in [0, 0.1) is 6.92 Å². The van der Waals surface area contributed by atoms with Gasteiger partial charge in [0.1, 0.15) is 6.54 Å². The molecule has 1 N–H and O–H groups in total. The number of nitrogens with zero attached hydrogens (tertiary/aromatic N) is 4. The number of nitrogens with one attached hydrogen (secondary N) is 1. The number of carbonyl (C=O) groups excluding carboxylic acids is 1. The Bertz CT molecular complexity index is 832. The fourth-order valence-electron chi connectivity index (χ4n) is 1.78. The Morgan fingerprint density at radius 2 is 2.30 bits per heavy atom. The molecule has 3 aromatic heterocycles. The third-order valence-electron chi connectivity index (χ3n) is 2.65. The molecule has 102 valence electrons. The van der Waals surface area contributed by atoms with Gasteiger partial charge >= 0.3 is 5.69 Å². The van der Waals surface area contributed by atoms with Crippen LogP contribution in [-0.4, -0.2) is 25.1 Å². The lowest BCUT2D eigenvalue weighted by Gasteiger charge is -1.99. The summed E-state index contributed by atoms with van der Waals surface area (Å²) in [5.74, 6) is -0.329. The van der Waals surface area contributed by atoms with Crippen molar-refractivity contribution in [3.8, 4) is 0 Å². The quantitative estimate of drug-likeness (QED) is 0.776. The monoisotopic (exact) mass is 289 g/mol. The van der Waals surface area contributed by atoms with Gasteiger partial charge in [-0.2, -0.15) is 0 Å². The molecule has 0 saturated carbocycles. The molecule has 3 aromatic rings. The molecule has 20 heavy (non-hydrogen) atoms. The Labute approximate surface area is 117 Å². The van der Waals surface area contributed by atoms with Gasteiger partial charge in [0.25, 0.3) is 0 Å². The molecule has 0 unspecified atom stereocenters. The third kappa shape index (κ3) is 2.32. The summed E-state index contributed by atoms with van der Waals surface area (Å²) in [6.45, 7) is 1.76. The lowest BCUT2D eigenvalue weighted by molar-refractivity contribution is -0.117. The van der Waals surface area contributed by atoms with Gasteiger partial charge in [-0.25, -0.2) is 14.5 Å².